The van der Waals surface area contributed by atoms with Crippen LogP contribution in [0.25, 0.3) is 22.1 Å². The fraction of sp³-hybridized carbons (Fsp3) is 0.0435. The summed E-state index contributed by atoms with van der Waals surface area (Å²) in [6.45, 7) is 0.443. The first-order valence-corrected chi connectivity index (χ1v) is 11.6. The third-order valence-electron chi connectivity index (χ3n) is 4.71. The Morgan fingerprint density at radius 2 is 1.77 bits per heavy atom. The summed E-state index contributed by atoms with van der Waals surface area (Å²) in [7, 11) is 0. The van der Waals surface area contributed by atoms with Gasteiger partial charge >= 0.3 is 0 Å². The molecule has 0 radical (unpaired) electrons. The number of halogens is 2. The largest absolute Gasteiger partial charge is 0.488 e. The van der Waals surface area contributed by atoms with E-state index in [0.717, 1.165) is 36.9 Å². The molecule has 0 N–H and O–H groups in total. The summed E-state index contributed by atoms with van der Waals surface area (Å²) in [5, 5.41) is 0. The molecule has 0 amide bonds. The number of aromatic nitrogens is 2. The average Bonchev–Trinajstić information content (AvgIpc) is 3.25. The predicted octanol–water partition coefficient (Wildman–Crippen LogP) is 5.56. The van der Waals surface area contributed by atoms with Crippen LogP contribution in [0.3, 0.4) is 0 Å². The summed E-state index contributed by atoms with van der Waals surface area (Å²) in [6.07, 6.45) is 1.87. The van der Waals surface area contributed by atoms with Crippen molar-refractivity contribution in [2.24, 2.45) is 0 Å². The van der Waals surface area contributed by atoms with E-state index < -0.39 is 0 Å². The number of hydrogen-bond donors (Lipinski definition) is 0. The third kappa shape index (κ3) is 3.69. The van der Waals surface area contributed by atoms with E-state index in [1.807, 2.05) is 72.8 Å². The zero-order valence-corrected chi connectivity index (χ0v) is 19.5. The van der Waals surface area contributed by atoms with Gasteiger partial charge in [0.1, 0.15) is 12.4 Å². The molecule has 0 unspecified atom stereocenters. The van der Waals surface area contributed by atoms with Crippen LogP contribution in [-0.2, 0) is 6.61 Å². The van der Waals surface area contributed by atoms with Crippen LogP contribution in [0.2, 0.25) is 0 Å². The van der Waals surface area contributed by atoms with Gasteiger partial charge in [-0.25, -0.2) is 9.38 Å². The van der Waals surface area contributed by atoms with Gasteiger partial charge in [-0.05, 0) is 54.1 Å². The van der Waals surface area contributed by atoms with Gasteiger partial charge < -0.3 is 4.74 Å². The molecule has 148 valence electrons. The van der Waals surface area contributed by atoms with Crippen molar-refractivity contribution >= 4 is 65.3 Å². The lowest BCUT2D eigenvalue weighted by Gasteiger charge is -2.10. The molecule has 0 saturated carbocycles. The number of hydrogen-bond acceptors (Lipinski definition) is 4. The highest BCUT2D eigenvalue weighted by Crippen LogP contribution is 2.25. The zero-order valence-electron chi connectivity index (χ0n) is 15.5. The van der Waals surface area contributed by atoms with Gasteiger partial charge in [0.25, 0.3) is 5.56 Å². The van der Waals surface area contributed by atoms with Gasteiger partial charge in [0, 0.05) is 14.5 Å². The summed E-state index contributed by atoms with van der Waals surface area (Å²) in [5.41, 5.74) is 3.50. The Labute approximate surface area is 192 Å². The molecule has 0 aliphatic heterocycles. The Morgan fingerprint density at radius 1 is 1.00 bits per heavy atom. The molecule has 0 aliphatic carbocycles. The molecular weight excluding hydrogens is 528 g/mol. The third-order valence-corrected chi connectivity index (χ3v) is 6.70. The molecule has 0 bridgehead atoms. The molecule has 4 nitrogen and oxygen atoms in total. The summed E-state index contributed by atoms with van der Waals surface area (Å²) in [5.74, 6) is 0.719. The first-order chi connectivity index (χ1) is 14.6. The predicted molar refractivity (Wildman–Crippen MR) is 128 cm³/mol. The molecular formula is C23H14Br2N2O2S. The second-order valence-electron chi connectivity index (χ2n) is 6.73. The molecule has 5 rings (SSSR count). The van der Waals surface area contributed by atoms with Crippen LogP contribution < -0.4 is 14.8 Å². The molecule has 7 heteroatoms. The molecule has 0 aliphatic rings. The number of rotatable bonds is 4. The molecule has 30 heavy (non-hydrogen) atoms. The van der Waals surface area contributed by atoms with Crippen molar-refractivity contribution in [1.29, 1.82) is 0 Å². The van der Waals surface area contributed by atoms with Crippen LogP contribution in [0.4, 0.5) is 0 Å². The van der Waals surface area contributed by atoms with E-state index in [-0.39, 0.29) is 5.56 Å². The number of ether oxygens (including phenoxy) is 1. The van der Waals surface area contributed by atoms with E-state index in [4.69, 9.17) is 4.74 Å². The van der Waals surface area contributed by atoms with Gasteiger partial charge in [-0.1, -0.05) is 67.5 Å². The van der Waals surface area contributed by atoms with Gasteiger partial charge in [0.2, 0.25) is 0 Å². The first kappa shape index (κ1) is 19.5. The normalized spacial score (nSPS) is 12.1. The van der Waals surface area contributed by atoms with Gasteiger partial charge in [-0.3, -0.25) is 4.79 Å². The van der Waals surface area contributed by atoms with Crippen molar-refractivity contribution in [3.63, 3.8) is 0 Å². The van der Waals surface area contributed by atoms with Gasteiger partial charge in [0.15, 0.2) is 4.96 Å². The second kappa shape index (κ2) is 7.98. The van der Waals surface area contributed by atoms with Crippen molar-refractivity contribution < 1.29 is 4.74 Å². The smallest absolute Gasteiger partial charge is 0.274 e. The fourth-order valence-electron chi connectivity index (χ4n) is 3.26. The van der Waals surface area contributed by atoms with Crippen molar-refractivity contribution in [2.45, 2.75) is 6.61 Å². The summed E-state index contributed by atoms with van der Waals surface area (Å²) in [4.78, 5) is 18.3. The van der Waals surface area contributed by atoms with Crippen LogP contribution in [-0.4, -0.2) is 9.38 Å². The van der Waals surface area contributed by atoms with Crippen molar-refractivity contribution in [1.82, 2.24) is 9.38 Å². The lowest BCUT2D eigenvalue weighted by molar-refractivity contribution is 0.305. The summed E-state index contributed by atoms with van der Waals surface area (Å²) < 4.78 is 10.3. The maximum absolute atomic E-state index is 13.1. The first-order valence-electron chi connectivity index (χ1n) is 9.17. The minimum Gasteiger partial charge on any atom is -0.488 e. The van der Waals surface area contributed by atoms with Crippen LogP contribution in [0.5, 0.6) is 5.75 Å². The maximum Gasteiger partial charge on any atom is 0.274 e. The summed E-state index contributed by atoms with van der Waals surface area (Å²) >= 11 is 8.35. The molecule has 2 heterocycles. The monoisotopic (exact) mass is 540 g/mol. The van der Waals surface area contributed by atoms with Gasteiger partial charge in [-0.2, -0.15) is 0 Å². The minimum atomic E-state index is -0.0671. The average molecular weight is 542 g/mol. The van der Waals surface area contributed by atoms with Crippen molar-refractivity contribution in [3.05, 3.63) is 102 Å². The van der Waals surface area contributed by atoms with Gasteiger partial charge in [-0.15, -0.1) is 0 Å². The molecule has 0 spiro atoms. The van der Waals surface area contributed by atoms with Crippen molar-refractivity contribution in [2.75, 3.05) is 0 Å². The fourth-order valence-corrected chi connectivity index (χ4v) is 4.88. The quantitative estimate of drug-likeness (QED) is 0.299. The standard InChI is InChI=1S/C23H14Br2N2O2S/c24-16-7-5-14(6-8-16)13-29-20-10-9-17(25)11-15(20)12-21-22(28)27-19-4-2-1-3-18(19)26-23(27)30-21/h1-12H,13H2. The Balaban J connectivity index is 1.56. The Morgan fingerprint density at radius 3 is 2.60 bits per heavy atom. The van der Waals surface area contributed by atoms with E-state index in [2.05, 4.69) is 36.8 Å². The number of para-hydroxylation sites is 2. The molecule has 0 fully saturated rings. The molecule has 0 atom stereocenters. The lowest BCUT2D eigenvalue weighted by atomic mass is 10.2. The van der Waals surface area contributed by atoms with E-state index in [9.17, 15) is 4.79 Å². The topological polar surface area (TPSA) is 43.6 Å². The van der Waals surface area contributed by atoms with Gasteiger partial charge in [0.05, 0.1) is 15.6 Å². The zero-order chi connectivity index (χ0) is 20.7. The number of imidazole rings is 1. The Bertz CT molecular complexity index is 1490. The van der Waals surface area contributed by atoms with E-state index in [1.165, 1.54) is 11.3 Å². The molecule has 0 saturated heterocycles. The maximum atomic E-state index is 13.1. The van der Waals surface area contributed by atoms with Crippen LogP contribution in [0.15, 0.2) is 80.5 Å². The number of thiazole rings is 1. The Hall–Kier alpha value is -2.48. The number of benzene rings is 3. The van der Waals surface area contributed by atoms with Crippen LogP contribution >= 0.6 is 43.2 Å². The number of fused-ring (bicyclic) bond motifs is 3. The highest BCUT2D eigenvalue weighted by Gasteiger charge is 2.11. The van der Waals surface area contributed by atoms with E-state index >= 15 is 0 Å². The van der Waals surface area contributed by atoms with E-state index in [0.29, 0.717) is 16.1 Å². The molecule has 3 aromatic carbocycles. The molecule has 5 aromatic rings. The number of nitrogens with zero attached hydrogens (tertiary/aromatic N) is 2. The Kier molecular flexibility index (Phi) is 5.18. The van der Waals surface area contributed by atoms with Crippen molar-refractivity contribution in [3.8, 4) is 5.75 Å². The molecule has 2 aromatic heterocycles. The SMILES string of the molecule is O=c1c(=Cc2cc(Br)ccc2OCc2ccc(Br)cc2)sc2nc3ccccc3n12. The highest BCUT2D eigenvalue weighted by molar-refractivity contribution is 9.10. The van der Waals surface area contributed by atoms with Crippen LogP contribution in [0.1, 0.15) is 11.1 Å². The highest BCUT2D eigenvalue weighted by atomic mass is 79.9. The lowest BCUT2D eigenvalue weighted by Crippen LogP contribution is -2.22. The van der Waals surface area contributed by atoms with E-state index in [1.54, 1.807) is 4.40 Å². The van der Waals surface area contributed by atoms with Crippen LogP contribution in [0, 0.1) is 0 Å². The second-order valence-corrected chi connectivity index (χ2v) is 9.57. The summed E-state index contributed by atoms with van der Waals surface area (Å²) in [6, 6.07) is 21.5. The minimum absolute atomic E-state index is 0.0671.